The zero-order valence-corrected chi connectivity index (χ0v) is 15.5. The number of pyridine rings is 1. The van der Waals surface area contributed by atoms with Crippen LogP contribution >= 0.6 is 11.3 Å². The first-order chi connectivity index (χ1) is 12.7. The van der Waals surface area contributed by atoms with Crippen molar-refractivity contribution in [2.75, 3.05) is 7.05 Å². The highest BCUT2D eigenvalue weighted by Crippen LogP contribution is 2.38. The first-order valence-electron chi connectivity index (χ1n) is 8.99. The fourth-order valence-corrected chi connectivity index (χ4v) is 4.54. The summed E-state index contributed by atoms with van der Waals surface area (Å²) in [4.78, 5) is 20.6. The zero-order chi connectivity index (χ0) is 17.9. The molecule has 1 aliphatic carbocycles. The van der Waals surface area contributed by atoms with Crippen molar-refractivity contribution in [3.63, 3.8) is 0 Å². The first-order valence-corrected chi connectivity index (χ1v) is 9.81. The molecule has 0 unspecified atom stereocenters. The predicted octanol–water partition coefficient (Wildman–Crippen LogP) is 4.89. The number of aromatic nitrogens is 2. The molecule has 6 heteroatoms. The quantitative estimate of drug-likeness (QED) is 0.713. The standard InChI is InChI=1S/C20H21N3O2S/c1-21-19(24)17-11-15(9-10-22-17)25-14-7-8-16-18(12-14)26-20(23-16)13-5-3-2-4-6-13/h7-13H,2-6H2,1H3,(H,21,24). The number of carbonyl (C=O) groups excluding carboxylic acids is 1. The average Bonchev–Trinajstić information content (AvgIpc) is 3.12. The van der Waals surface area contributed by atoms with E-state index in [9.17, 15) is 4.79 Å². The highest BCUT2D eigenvalue weighted by Gasteiger charge is 2.19. The van der Waals surface area contributed by atoms with E-state index in [-0.39, 0.29) is 5.91 Å². The van der Waals surface area contributed by atoms with Gasteiger partial charge in [-0.05, 0) is 31.0 Å². The van der Waals surface area contributed by atoms with Crippen LogP contribution in [0.1, 0.15) is 53.5 Å². The number of hydrogen-bond acceptors (Lipinski definition) is 5. The molecule has 26 heavy (non-hydrogen) atoms. The molecule has 1 amide bonds. The smallest absolute Gasteiger partial charge is 0.269 e. The van der Waals surface area contributed by atoms with Crippen LogP contribution in [-0.2, 0) is 0 Å². The fraction of sp³-hybridized carbons (Fsp3) is 0.350. The lowest BCUT2D eigenvalue weighted by atomic mass is 9.90. The van der Waals surface area contributed by atoms with Crippen LogP contribution in [0.4, 0.5) is 0 Å². The van der Waals surface area contributed by atoms with Crippen molar-refractivity contribution in [3.05, 3.63) is 47.2 Å². The number of nitrogens with zero attached hydrogens (tertiary/aromatic N) is 2. The van der Waals surface area contributed by atoms with E-state index in [1.807, 2.05) is 18.2 Å². The Balaban J connectivity index is 1.56. The second kappa shape index (κ2) is 7.41. The minimum Gasteiger partial charge on any atom is -0.457 e. The van der Waals surface area contributed by atoms with Crippen LogP contribution in [0.25, 0.3) is 10.2 Å². The fourth-order valence-electron chi connectivity index (χ4n) is 3.37. The topological polar surface area (TPSA) is 64.1 Å². The molecule has 1 N–H and O–H groups in total. The number of carbonyl (C=O) groups is 1. The van der Waals surface area contributed by atoms with Gasteiger partial charge < -0.3 is 10.1 Å². The molecule has 0 atom stereocenters. The third-order valence-corrected chi connectivity index (χ3v) is 5.94. The maximum atomic E-state index is 11.7. The van der Waals surface area contributed by atoms with Gasteiger partial charge in [-0.25, -0.2) is 4.98 Å². The summed E-state index contributed by atoms with van der Waals surface area (Å²) in [6.07, 6.45) is 8.05. The minimum atomic E-state index is -0.231. The Morgan fingerprint density at radius 3 is 2.77 bits per heavy atom. The molecule has 0 radical (unpaired) electrons. The van der Waals surface area contributed by atoms with Gasteiger partial charge in [0.1, 0.15) is 17.2 Å². The summed E-state index contributed by atoms with van der Waals surface area (Å²) in [6.45, 7) is 0. The van der Waals surface area contributed by atoms with E-state index >= 15 is 0 Å². The maximum Gasteiger partial charge on any atom is 0.269 e. The molecule has 1 aromatic carbocycles. The van der Waals surface area contributed by atoms with Crippen LogP contribution in [0.5, 0.6) is 11.5 Å². The Hall–Kier alpha value is -2.47. The Kier molecular flexibility index (Phi) is 4.84. The molecule has 5 nitrogen and oxygen atoms in total. The van der Waals surface area contributed by atoms with Crippen molar-refractivity contribution in [1.82, 2.24) is 15.3 Å². The van der Waals surface area contributed by atoms with Gasteiger partial charge in [-0.2, -0.15) is 0 Å². The third-order valence-electron chi connectivity index (χ3n) is 4.76. The number of nitrogens with one attached hydrogen (secondary N) is 1. The number of hydrogen-bond donors (Lipinski definition) is 1. The lowest BCUT2D eigenvalue weighted by molar-refractivity contribution is 0.0958. The predicted molar refractivity (Wildman–Crippen MR) is 103 cm³/mol. The molecule has 4 rings (SSSR count). The number of thiazole rings is 1. The molecule has 1 aliphatic rings. The Labute approximate surface area is 156 Å². The Morgan fingerprint density at radius 2 is 1.96 bits per heavy atom. The minimum absolute atomic E-state index is 0.231. The molecule has 3 aromatic rings. The molecule has 2 aromatic heterocycles. The first kappa shape index (κ1) is 17.0. The van der Waals surface area contributed by atoms with Gasteiger partial charge in [-0.3, -0.25) is 9.78 Å². The van der Waals surface area contributed by atoms with E-state index in [1.54, 1.807) is 36.7 Å². The summed E-state index contributed by atoms with van der Waals surface area (Å²) >= 11 is 1.77. The van der Waals surface area contributed by atoms with Crippen LogP contribution in [-0.4, -0.2) is 22.9 Å². The van der Waals surface area contributed by atoms with Crippen molar-refractivity contribution in [1.29, 1.82) is 0 Å². The number of ether oxygens (including phenoxy) is 1. The summed E-state index contributed by atoms with van der Waals surface area (Å²) in [5.41, 5.74) is 1.37. The van der Waals surface area contributed by atoms with Crippen molar-refractivity contribution in [2.45, 2.75) is 38.0 Å². The molecular formula is C20H21N3O2S. The van der Waals surface area contributed by atoms with Gasteiger partial charge in [0.05, 0.1) is 15.2 Å². The lowest BCUT2D eigenvalue weighted by Gasteiger charge is -2.18. The molecular weight excluding hydrogens is 346 g/mol. The molecule has 2 heterocycles. The zero-order valence-electron chi connectivity index (χ0n) is 14.7. The van der Waals surface area contributed by atoms with Gasteiger partial charge in [-0.1, -0.05) is 19.3 Å². The van der Waals surface area contributed by atoms with Gasteiger partial charge in [-0.15, -0.1) is 11.3 Å². The number of benzene rings is 1. The summed E-state index contributed by atoms with van der Waals surface area (Å²) < 4.78 is 7.08. The van der Waals surface area contributed by atoms with Crippen molar-refractivity contribution in [3.8, 4) is 11.5 Å². The van der Waals surface area contributed by atoms with Gasteiger partial charge in [0, 0.05) is 31.3 Å². The van der Waals surface area contributed by atoms with E-state index < -0.39 is 0 Å². The molecule has 1 fully saturated rings. The van der Waals surface area contributed by atoms with Gasteiger partial charge in [0.25, 0.3) is 5.91 Å². The summed E-state index contributed by atoms with van der Waals surface area (Å²) in [6, 6.07) is 9.35. The van der Waals surface area contributed by atoms with Crippen molar-refractivity contribution < 1.29 is 9.53 Å². The second-order valence-electron chi connectivity index (χ2n) is 6.57. The second-order valence-corrected chi connectivity index (χ2v) is 7.64. The van der Waals surface area contributed by atoms with E-state index in [0.29, 0.717) is 17.4 Å². The molecule has 0 saturated heterocycles. The van der Waals surface area contributed by atoms with Gasteiger partial charge in [0.15, 0.2) is 0 Å². The summed E-state index contributed by atoms with van der Waals surface area (Å²) in [7, 11) is 1.58. The maximum absolute atomic E-state index is 11.7. The molecule has 134 valence electrons. The highest BCUT2D eigenvalue weighted by atomic mass is 32.1. The van der Waals surface area contributed by atoms with Crippen molar-refractivity contribution in [2.24, 2.45) is 0 Å². The van der Waals surface area contributed by atoms with Gasteiger partial charge >= 0.3 is 0 Å². The van der Waals surface area contributed by atoms with Crippen LogP contribution in [0.15, 0.2) is 36.5 Å². The van der Waals surface area contributed by atoms with Crippen LogP contribution in [0.2, 0.25) is 0 Å². The lowest BCUT2D eigenvalue weighted by Crippen LogP contribution is -2.18. The summed E-state index contributed by atoms with van der Waals surface area (Å²) in [5.74, 6) is 1.71. The highest BCUT2D eigenvalue weighted by molar-refractivity contribution is 7.18. The average molecular weight is 367 g/mol. The van der Waals surface area contributed by atoms with Crippen molar-refractivity contribution >= 4 is 27.5 Å². The molecule has 1 saturated carbocycles. The normalized spacial score (nSPS) is 15.1. The monoisotopic (exact) mass is 367 g/mol. The van der Waals surface area contributed by atoms with E-state index in [1.165, 1.54) is 37.1 Å². The van der Waals surface area contributed by atoms with E-state index in [2.05, 4.69) is 10.3 Å². The van der Waals surface area contributed by atoms with Crippen LogP contribution in [0, 0.1) is 0 Å². The largest absolute Gasteiger partial charge is 0.457 e. The Bertz CT molecular complexity index is 932. The van der Waals surface area contributed by atoms with E-state index in [0.717, 1.165) is 16.0 Å². The van der Waals surface area contributed by atoms with Crippen LogP contribution in [0.3, 0.4) is 0 Å². The third kappa shape index (κ3) is 3.55. The number of rotatable bonds is 4. The molecule has 0 spiro atoms. The van der Waals surface area contributed by atoms with Gasteiger partial charge in [0.2, 0.25) is 0 Å². The summed E-state index contributed by atoms with van der Waals surface area (Å²) in [5, 5.41) is 3.82. The van der Waals surface area contributed by atoms with E-state index in [4.69, 9.17) is 9.72 Å². The SMILES string of the molecule is CNC(=O)c1cc(Oc2ccc3nc(C4CCCCC4)sc3c2)ccn1. The number of fused-ring (bicyclic) bond motifs is 1. The molecule has 0 aliphatic heterocycles. The molecule has 0 bridgehead atoms. The van der Waals surface area contributed by atoms with Crippen LogP contribution < -0.4 is 10.1 Å². The Morgan fingerprint density at radius 1 is 1.15 bits per heavy atom. The number of amides is 1.